The van der Waals surface area contributed by atoms with Crippen molar-refractivity contribution in [3.05, 3.63) is 69.8 Å². The van der Waals surface area contributed by atoms with Crippen molar-refractivity contribution >= 4 is 17.3 Å². The Morgan fingerprint density at radius 3 is 2.43 bits per heavy atom. The Morgan fingerprint density at radius 1 is 1.14 bits per heavy atom. The van der Waals surface area contributed by atoms with E-state index in [4.69, 9.17) is 5.73 Å². The number of anilines is 1. The number of carbonyl (C=O) groups excluding carboxylic acids is 1. The third kappa shape index (κ3) is 4.04. The number of para-hydroxylation sites is 1. The van der Waals surface area contributed by atoms with Crippen molar-refractivity contribution in [3.63, 3.8) is 0 Å². The molecule has 0 fully saturated rings. The Balaban J connectivity index is 2.03. The van der Waals surface area contributed by atoms with Crippen LogP contribution in [0.15, 0.2) is 48.5 Å². The molecule has 0 saturated heterocycles. The number of amides is 1. The molecule has 0 aromatic heterocycles. The van der Waals surface area contributed by atoms with Crippen molar-refractivity contribution in [1.29, 1.82) is 0 Å². The highest BCUT2D eigenvalue weighted by molar-refractivity contribution is 5.76. The highest BCUT2D eigenvalue weighted by atomic mass is 16.6. The van der Waals surface area contributed by atoms with Crippen LogP contribution in [0.5, 0.6) is 0 Å². The number of nitrogens with zero attached hydrogens (tertiary/aromatic N) is 1. The van der Waals surface area contributed by atoms with Crippen molar-refractivity contribution in [3.8, 4) is 0 Å². The van der Waals surface area contributed by atoms with E-state index in [0.29, 0.717) is 12.1 Å². The summed E-state index contributed by atoms with van der Waals surface area (Å²) in [7, 11) is 0. The van der Waals surface area contributed by atoms with E-state index in [2.05, 4.69) is 5.32 Å². The van der Waals surface area contributed by atoms with Gasteiger partial charge in [0, 0.05) is 23.9 Å². The lowest BCUT2D eigenvalue weighted by atomic mass is 10.1. The van der Waals surface area contributed by atoms with Gasteiger partial charge in [0.05, 0.1) is 11.3 Å². The second-order valence-electron chi connectivity index (χ2n) is 4.58. The lowest BCUT2D eigenvalue weighted by Crippen LogP contribution is -2.13. The summed E-state index contributed by atoms with van der Waals surface area (Å²) >= 11 is 0. The van der Waals surface area contributed by atoms with E-state index >= 15 is 0 Å². The predicted octanol–water partition coefficient (Wildman–Crippen LogP) is 2.23. The van der Waals surface area contributed by atoms with Gasteiger partial charge in [-0.1, -0.05) is 30.3 Å². The van der Waals surface area contributed by atoms with E-state index in [9.17, 15) is 14.9 Å². The van der Waals surface area contributed by atoms with Crippen molar-refractivity contribution in [2.45, 2.75) is 13.0 Å². The molecule has 0 aliphatic carbocycles. The van der Waals surface area contributed by atoms with E-state index in [1.54, 1.807) is 30.3 Å². The lowest BCUT2D eigenvalue weighted by Gasteiger charge is -2.07. The van der Waals surface area contributed by atoms with Crippen LogP contribution in [-0.2, 0) is 17.8 Å². The molecule has 2 rings (SSSR count). The molecule has 0 bridgehead atoms. The number of benzene rings is 2. The van der Waals surface area contributed by atoms with Crippen LogP contribution in [-0.4, -0.2) is 10.8 Å². The van der Waals surface area contributed by atoms with E-state index in [1.807, 2.05) is 12.1 Å². The van der Waals surface area contributed by atoms with Gasteiger partial charge in [-0.2, -0.15) is 0 Å². The third-order valence-electron chi connectivity index (χ3n) is 3.00. The first-order chi connectivity index (χ1) is 10.1. The molecular weight excluding hydrogens is 270 g/mol. The summed E-state index contributed by atoms with van der Waals surface area (Å²) in [4.78, 5) is 21.3. The van der Waals surface area contributed by atoms with Gasteiger partial charge in [-0.25, -0.2) is 0 Å². The van der Waals surface area contributed by atoms with Crippen LogP contribution in [0.4, 0.5) is 11.4 Å². The Bertz CT molecular complexity index is 653. The number of nitrogens with one attached hydrogen (secondary N) is 1. The highest BCUT2D eigenvalue weighted by Gasteiger charge is 2.11. The zero-order valence-electron chi connectivity index (χ0n) is 11.3. The number of rotatable bonds is 6. The number of nitrogens with two attached hydrogens (primary N) is 1. The van der Waals surface area contributed by atoms with Gasteiger partial charge in [0.1, 0.15) is 0 Å². The molecular formula is C15H15N3O3. The summed E-state index contributed by atoms with van der Waals surface area (Å²) in [6, 6.07) is 13.8. The average molecular weight is 285 g/mol. The summed E-state index contributed by atoms with van der Waals surface area (Å²) in [5.74, 6) is -0.379. The quantitative estimate of drug-likeness (QED) is 0.628. The van der Waals surface area contributed by atoms with E-state index in [0.717, 1.165) is 11.3 Å². The molecule has 0 spiro atoms. The molecule has 1 amide bonds. The van der Waals surface area contributed by atoms with Gasteiger partial charge in [0.15, 0.2) is 0 Å². The fourth-order valence-electron chi connectivity index (χ4n) is 1.98. The van der Waals surface area contributed by atoms with Gasteiger partial charge in [-0.15, -0.1) is 0 Å². The maximum atomic E-state index is 10.9. The Hall–Kier alpha value is -2.89. The normalized spacial score (nSPS) is 10.1. The summed E-state index contributed by atoms with van der Waals surface area (Å²) in [5.41, 5.74) is 7.48. The molecule has 0 heterocycles. The minimum absolute atomic E-state index is 0.0929. The first-order valence-electron chi connectivity index (χ1n) is 6.39. The van der Waals surface area contributed by atoms with Crippen molar-refractivity contribution in [1.82, 2.24) is 0 Å². The number of nitro groups is 1. The van der Waals surface area contributed by atoms with Crippen LogP contribution in [0, 0.1) is 10.1 Å². The number of carbonyl (C=O) groups is 1. The Kier molecular flexibility index (Phi) is 4.50. The number of hydrogen-bond acceptors (Lipinski definition) is 4. The van der Waals surface area contributed by atoms with Crippen molar-refractivity contribution in [2.75, 3.05) is 5.32 Å². The summed E-state index contributed by atoms with van der Waals surface area (Å²) in [6.07, 6.45) is 0.199. The minimum Gasteiger partial charge on any atom is -0.381 e. The lowest BCUT2D eigenvalue weighted by molar-refractivity contribution is -0.385. The molecule has 0 atom stereocenters. The van der Waals surface area contributed by atoms with Crippen LogP contribution < -0.4 is 11.1 Å². The topological polar surface area (TPSA) is 98.3 Å². The molecule has 21 heavy (non-hydrogen) atoms. The molecule has 0 radical (unpaired) electrons. The van der Waals surface area contributed by atoms with Gasteiger partial charge in [0.25, 0.3) is 5.69 Å². The fourth-order valence-corrected chi connectivity index (χ4v) is 1.98. The molecule has 2 aromatic rings. The summed E-state index contributed by atoms with van der Waals surface area (Å²) in [5, 5.41) is 14.0. The van der Waals surface area contributed by atoms with Gasteiger partial charge < -0.3 is 11.1 Å². The van der Waals surface area contributed by atoms with E-state index < -0.39 is 4.92 Å². The molecule has 6 heteroatoms. The zero-order chi connectivity index (χ0) is 15.2. The number of primary amides is 1. The summed E-state index contributed by atoms with van der Waals surface area (Å²) in [6.45, 7) is 0.353. The molecule has 2 aromatic carbocycles. The molecule has 0 aliphatic heterocycles. The zero-order valence-corrected chi connectivity index (χ0v) is 11.3. The van der Waals surface area contributed by atoms with Crippen molar-refractivity contribution in [2.24, 2.45) is 5.73 Å². The number of hydrogen-bond donors (Lipinski definition) is 2. The molecule has 6 nitrogen and oxygen atoms in total. The van der Waals surface area contributed by atoms with Gasteiger partial charge in [-0.3, -0.25) is 14.9 Å². The Morgan fingerprint density at radius 2 is 1.81 bits per heavy atom. The Labute approximate surface area is 121 Å². The van der Waals surface area contributed by atoms with E-state index in [1.165, 1.54) is 6.07 Å². The first-order valence-corrected chi connectivity index (χ1v) is 6.39. The van der Waals surface area contributed by atoms with Crippen LogP contribution in [0.1, 0.15) is 11.1 Å². The molecule has 108 valence electrons. The first kappa shape index (κ1) is 14.5. The average Bonchev–Trinajstić information content (AvgIpc) is 2.46. The molecule has 3 N–H and O–H groups in total. The van der Waals surface area contributed by atoms with Crippen LogP contribution >= 0.6 is 0 Å². The summed E-state index contributed by atoms with van der Waals surface area (Å²) < 4.78 is 0. The van der Waals surface area contributed by atoms with Gasteiger partial charge >= 0.3 is 0 Å². The fraction of sp³-hybridized carbons (Fsp3) is 0.133. The largest absolute Gasteiger partial charge is 0.381 e. The minimum atomic E-state index is -0.396. The highest BCUT2D eigenvalue weighted by Crippen LogP contribution is 2.19. The molecule has 0 aliphatic rings. The van der Waals surface area contributed by atoms with Gasteiger partial charge in [-0.05, 0) is 17.7 Å². The monoisotopic (exact) mass is 285 g/mol. The molecule has 0 saturated carbocycles. The predicted molar refractivity (Wildman–Crippen MR) is 79.8 cm³/mol. The molecule has 0 unspecified atom stereocenters. The second kappa shape index (κ2) is 6.51. The van der Waals surface area contributed by atoms with Gasteiger partial charge in [0.2, 0.25) is 5.91 Å². The van der Waals surface area contributed by atoms with Crippen molar-refractivity contribution < 1.29 is 9.72 Å². The van der Waals surface area contributed by atoms with E-state index in [-0.39, 0.29) is 18.0 Å². The van der Waals surface area contributed by atoms with Crippen LogP contribution in [0.25, 0.3) is 0 Å². The van der Waals surface area contributed by atoms with Crippen LogP contribution in [0.3, 0.4) is 0 Å². The maximum Gasteiger partial charge on any atom is 0.274 e. The SMILES string of the molecule is NC(=O)Cc1ccc(NCc2ccccc2[N+](=O)[O-])cc1. The maximum absolute atomic E-state index is 10.9. The second-order valence-corrected chi connectivity index (χ2v) is 4.58. The standard InChI is InChI=1S/C15H15N3O3/c16-15(19)9-11-5-7-13(8-6-11)17-10-12-3-1-2-4-14(12)18(20)21/h1-8,17H,9-10H2,(H2,16,19). The smallest absolute Gasteiger partial charge is 0.274 e. The van der Waals surface area contributed by atoms with Crippen LogP contribution in [0.2, 0.25) is 0 Å². The third-order valence-corrected chi connectivity index (χ3v) is 3.00. The number of nitro benzene ring substituents is 1.